The van der Waals surface area contributed by atoms with E-state index in [2.05, 4.69) is 19.2 Å². The summed E-state index contributed by atoms with van der Waals surface area (Å²) in [5.74, 6) is 1.14. The van der Waals surface area contributed by atoms with Gasteiger partial charge in [0.05, 0.1) is 6.10 Å². The predicted octanol–water partition coefficient (Wildman–Crippen LogP) is 0.613. The molecule has 0 bridgehead atoms. The molecular weight excluding hydrogens is 126 g/mol. The minimum absolute atomic E-state index is 0.117. The minimum atomic E-state index is -0.117. The third-order valence-electron chi connectivity index (χ3n) is 2.36. The summed E-state index contributed by atoms with van der Waals surface area (Å²) in [5.41, 5.74) is 0. The second-order valence-electron chi connectivity index (χ2n) is 3.47. The molecule has 1 fully saturated rings. The summed E-state index contributed by atoms with van der Waals surface area (Å²) in [5, 5.41) is 12.6. The zero-order chi connectivity index (χ0) is 7.56. The first kappa shape index (κ1) is 8.02. The Morgan fingerprint density at radius 2 is 2.20 bits per heavy atom. The van der Waals surface area contributed by atoms with Crippen molar-refractivity contribution in [1.82, 2.24) is 5.32 Å². The van der Waals surface area contributed by atoms with Crippen molar-refractivity contribution in [2.24, 2.45) is 11.8 Å². The van der Waals surface area contributed by atoms with Gasteiger partial charge >= 0.3 is 0 Å². The topological polar surface area (TPSA) is 32.3 Å². The Labute approximate surface area is 62.6 Å². The molecule has 0 aliphatic carbocycles. The molecule has 1 heterocycles. The highest BCUT2D eigenvalue weighted by atomic mass is 16.3. The van der Waals surface area contributed by atoms with Gasteiger partial charge in [0.15, 0.2) is 0 Å². The monoisotopic (exact) mass is 143 g/mol. The van der Waals surface area contributed by atoms with Crippen molar-refractivity contribution >= 4 is 0 Å². The molecule has 2 heteroatoms. The highest BCUT2D eigenvalue weighted by Gasteiger charge is 2.24. The molecule has 0 aromatic heterocycles. The molecule has 0 aromatic carbocycles. The molecule has 0 saturated carbocycles. The second-order valence-corrected chi connectivity index (χ2v) is 3.47. The molecule has 10 heavy (non-hydrogen) atoms. The smallest absolute Gasteiger partial charge is 0.0695 e. The number of nitrogens with one attached hydrogen (secondary N) is 1. The molecular formula is C8H17NO. The number of piperidine rings is 1. The third-order valence-corrected chi connectivity index (χ3v) is 2.36. The largest absolute Gasteiger partial charge is 0.392 e. The molecule has 1 unspecified atom stereocenters. The summed E-state index contributed by atoms with van der Waals surface area (Å²) >= 11 is 0. The van der Waals surface area contributed by atoms with Crippen LogP contribution in [-0.4, -0.2) is 24.3 Å². The number of aliphatic hydroxyl groups is 1. The average molecular weight is 143 g/mol. The zero-order valence-corrected chi connectivity index (χ0v) is 6.80. The van der Waals surface area contributed by atoms with Crippen LogP contribution in [0, 0.1) is 11.8 Å². The first-order chi connectivity index (χ1) is 4.72. The Morgan fingerprint density at radius 3 is 2.60 bits per heavy atom. The van der Waals surface area contributed by atoms with Crippen molar-refractivity contribution in [2.75, 3.05) is 13.1 Å². The number of hydrogen-bond donors (Lipinski definition) is 2. The van der Waals surface area contributed by atoms with Gasteiger partial charge in [0, 0.05) is 6.54 Å². The first-order valence-electron chi connectivity index (χ1n) is 4.10. The van der Waals surface area contributed by atoms with Crippen LogP contribution in [0.15, 0.2) is 0 Å². The van der Waals surface area contributed by atoms with Crippen LogP contribution in [-0.2, 0) is 0 Å². The molecule has 1 rings (SSSR count). The quantitative estimate of drug-likeness (QED) is 0.564. The standard InChI is InChI=1S/C8H17NO/c1-6(2)7-3-4-9-5-8(7)10/h6-10H,3-5H2,1-2H3/t7?,8-/m1/s1. The van der Waals surface area contributed by atoms with Gasteiger partial charge in [0.1, 0.15) is 0 Å². The Bertz CT molecular complexity index is 103. The van der Waals surface area contributed by atoms with E-state index in [9.17, 15) is 5.11 Å². The minimum Gasteiger partial charge on any atom is -0.392 e. The molecule has 2 nitrogen and oxygen atoms in total. The van der Waals surface area contributed by atoms with Crippen molar-refractivity contribution in [3.63, 3.8) is 0 Å². The van der Waals surface area contributed by atoms with Gasteiger partial charge in [-0.25, -0.2) is 0 Å². The van der Waals surface area contributed by atoms with Crippen LogP contribution in [0.25, 0.3) is 0 Å². The van der Waals surface area contributed by atoms with Gasteiger partial charge in [-0.1, -0.05) is 13.8 Å². The van der Waals surface area contributed by atoms with Crippen LogP contribution >= 0.6 is 0 Å². The molecule has 60 valence electrons. The molecule has 0 aromatic rings. The van der Waals surface area contributed by atoms with E-state index in [0.29, 0.717) is 11.8 Å². The fourth-order valence-electron chi connectivity index (χ4n) is 1.64. The fraction of sp³-hybridized carbons (Fsp3) is 1.00. The van der Waals surface area contributed by atoms with Crippen LogP contribution in [0.1, 0.15) is 20.3 Å². The molecule has 0 spiro atoms. The fourth-order valence-corrected chi connectivity index (χ4v) is 1.64. The van der Waals surface area contributed by atoms with Crippen LogP contribution in [0.5, 0.6) is 0 Å². The van der Waals surface area contributed by atoms with E-state index in [4.69, 9.17) is 0 Å². The SMILES string of the molecule is CC(C)C1CCNC[C@H]1O. The summed E-state index contributed by atoms with van der Waals surface area (Å²) in [6.07, 6.45) is 1.01. The normalized spacial score (nSPS) is 34.8. The summed E-state index contributed by atoms with van der Waals surface area (Å²) in [4.78, 5) is 0. The number of β-amino-alcohol motifs (C(OH)–C–C–N with tert-alkyl or cyclic N) is 1. The maximum absolute atomic E-state index is 9.48. The lowest BCUT2D eigenvalue weighted by Crippen LogP contribution is -2.42. The number of hydrogen-bond acceptors (Lipinski definition) is 2. The van der Waals surface area contributed by atoms with Crippen LogP contribution < -0.4 is 5.32 Å². The van der Waals surface area contributed by atoms with Gasteiger partial charge in [-0.2, -0.15) is 0 Å². The van der Waals surface area contributed by atoms with Gasteiger partial charge < -0.3 is 10.4 Å². The van der Waals surface area contributed by atoms with E-state index in [-0.39, 0.29) is 6.10 Å². The molecule has 2 atom stereocenters. The van der Waals surface area contributed by atoms with Crippen LogP contribution in [0.2, 0.25) is 0 Å². The average Bonchev–Trinajstić information content (AvgIpc) is 1.88. The van der Waals surface area contributed by atoms with Gasteiger partial charge in [0.2, 0.25) is 0 Å². The third kappa shape index (κ3) is 1.70. The zero-order valence-electron chi connectivity index (χ0n) is 6.80. The molecule has 2 N–H and O–H groups in total. The number of aliphatic hydroxyl groups excluding tert-OH is 1. The lowest BCUT2D eigenvalue weighted by Gasteiger charge is -2.31. The Kier molecular flexibility index (Phi) is 2.69. The summed E-state index contributed by atoms with van der Waals surface area (Å²) in [6, 6.07) is 0. The van der Waals surface area contributed by atoms with E-state index in [1.807, 2.05) is 0 Å². The van der Waals surface area contributed by atoms with E-state index >= 15 is 0 Å². The first-order valence-corrected chi connectivity index (χ1v) is 4.10. The van der Waals surface area contributed by atoms with Crippen molar-refractivity contribution in [3.8, 4) is 0 Å². The molecule has 0 amide bonds. The Hall–Kier alpha value is -0.0800. The number of rotatable bonds is 1. The van der Waals surface area contributed by atoms with Crippen LogP contribution in [0.4, 0.5) is 0 Å². The summed E-state index contributed by atoms with van der Waals surface area (Å²) < 4.78 is 0. The van der Waals surface area contributed by atoms with E-state index in [1.165, 1.54) is 0 Å². The highest BCUT2D eigenvalue weighted by Crippen LogP contribution is 2.20. The van der Waals surface area contributed by atoms with Crippen LogP contribution in [0.3, 0.4) is 0 Å². The van der Waals surface area contributed by atoms with Gasteiger partial charge in [-0.3, -0.25) is 0 Å². The van der Waals surface area contributed by atoms with E-state index in [1.54, 1.807) is 0 Å². The van der Waals surface area contributed by atoms with Gasteiger partial charge in [-0.15, -0.1) is 0 Å². The maximum Gasteiger partial charge on any atom is 0.0695 e. The summed E-state index contributed by atoms with van der Waals surface area (Å²) in [6.45, 7) is 6.21. The molecule has 1 aliphatic rings. The lowest BCUT2D eigenvalue weighted by atomic mass is 9.85. The Balaban J connectivity index is 2.40. The highest BCUT2D eigenvalue weighted by molar-refractivity contribution is 4.78. The predicted molar refractivity (Wildman–Crippen MR) is 41.8 cm³/mol. The van der Waals surface area contributed by atoms with Gasteiger partial charge in [-0.05, 0) is 24.8 Å². The molecule has 1 aliphatic heterocycles. The van der Waals surface area contributed by atoms with Crippen molar-refractivity contribution in [3.05, 3.63) is 0 Å². The Morgan fingerprint density at radius 1 is 1.50 bits per heavy atom. The molecule has 1 saturated heterocycles. The summed E-state index contributed by atoms with van der Waals surface area (Å²) in [7, 11) is 0. The van der Waals surface area contributed by atoms with Crippen molar-refractivity contribution in [1.29, 1.82) is 0 Å². The van der Waals surface area contributed by atoms with Gasteiger partial charge in [0.25, 0.3) is 0 Å². The lowest BCUT2D eigenvalue weighted by molar-refractivity contribution is 0.0570. The van der Waals surface area contributed by atoms with Crippen molar-refractivity contribution in [2.45, 2.75) is 26.4 Å². The van der Waals surface area contributed by atoms with Crippen molar-refractivity contribution < 1.29 is 5.11 Å². The second kappa shape index (κ2) is 3.35. The molecule has 0 radical (unpaired) electrons. The van der Waals surface area contributed by atoms with E-state index in [0.717, 1.165) is 19.5 Å². The van der Waals surface area contributed by atoms with E-state index < -0.39 is 0 Å². The maximum atomic E-state index is 9.48.